The highest BCUT2D eigenvalue weighted by molar-refractivity contribution is 5.92. The summed E-state index contributed by atoms with van der Waals surface area (Å²) in [6.45, 7) is 3.26. The van der Waals surface area contributed by atoms with E-state index in [-0.39, 0.29) is 17.8 Å². The molecule has 2 N–H and O–H groups in total. The molecule has 0 aromatic heterocycles. The quantitative estimate of drug-likeness (QED) is 0.881. The van der Waals surface area contributed by atoms with E-state index in [2.05, 4.69) is 10.6 Å². The van der Waals surface area contributed by atoms with Gasteiger partial charge < -0.3 is 10.6 Å². The van der Waals surface area contributed by atoms with E-state index in [9.17, 15) is 18.0 Å². The van der Waals surface area contributed by atoms with Crippen molar-refractivity contribution in [3.63, 3.8) is 0 Å². The standard InChI is InChI=1S/C17H17F3N2O/c1-10-3-6-16(15(20)7-10)22-17(23)9-21-11(2)13-5-4-12(18)8-14(13)19/h3-8,11,21H,9H2,1-2H3,(H,22,23)/t11-/m1/s1. The normalized spacial score (nSPS) is 12.0. The summed E-state index contributed by atoms with van der Waals surface area (Å²) >= 11 is 0. The van der Waals surface area contributed by atoms with Crippen LogP contribution in [0.3, 0.4) is 0 Å². The largest absolute Gasteiger partial charge is 0.322 e. The highest BCUT2D eigenvalue weighted by atomic mass is 19.1. The van der Waals surface area contributed by atoms with Crippen molar-refractivity contribution in [2.75, 3.05) is 11.9 Å². The number of carbonyl (C=O) groups is 1. The van der Waals surface area contributed by atoms with Crippen molar-refractivity contribution in [2.45, 2.75) is 19.9 Å². The Morgan fingerprint density at radius 3 is 2.48 bits per heavy atom. The fraction of sp³-hybridized carbons (Fsp3) is 0.235. The van der Waals surface area contributed by atoms with E-state index < -0.39 is 29.4 Å². The summed E-state index contributed by atoms with van der Waals surface area (Å²) in [5, 5.41) is 5.25. The fourth-order valence-corrected chi connectivity index (χ4v) is 2.12. The Hall–Kier alpha value is -2.34. The first-order valence-electron chi connectivity index (χ1n) is 7.11. The molecular weight excluding hydrogens is 305 g/mol. The second-order valence-corrected chi connectivity index (χ2v) is 5.30. The molecule has 1 amide bonds. The number of rotatable bonds is 5. The predicted molar refractivity (Wildman–Crippen MR) is 82.5 cm³/mol. The van der Waals surface area contributed by atoms with E-state index in [1.165, 1.54) is 18.2 Å². The molecule has 0 saturated carbocycles. The molecule has 0 radical (unpaired) electrons. The van der Waals surface area contributed by atoms with E-state index in [0.29, 0.717) is 0 Å². The number of amides is 1. The molecule has 6 heteroatoms. The Balaban J connectivity index is 1.93. The van der Waals surface area contributed by atoms with E-state index in [1.807, 2.05) is 0 Å². The SMILES string of the molecule is Cc1ccc(NC(=O)CN[C@H](C)c2ccc(F)cc2F)c(F)c1. The Labute approximate surface area is 132 Å². The lowest BCUT2D eigenvalue weighted by Gasteiger charge is -2.15. The minimum atomic E-state index is -0.685. The summed E-state index contributed by atoms with van der Waals surface area (Å²) in [4.78, 5) is 11.8. The molecule has 0 aliphatic carbocycles. The Morgan fingerprint density at radius 2 is 1.83 bits per heavy atom. The number of nitrogens with one attached hydrogen (secondary N) is 2. The minimum Gasteiger partial charge on any atom is -0.322 e. The van der Waals surface area contributed by atoms with Gasteiger partial charge in [-0.05, 0) is 37.6 Å². The molecule has 2 rings (SSSR count). The molecule has 0 spiro atoms. The third-order valence-corrected chi connectivity index (χ3v) is 3.40. The second kappa shape index (κ2) is 7.28. The zero-order valence-corrected chi connectivity index (χ0v) is 12.8. The molecule has 0 saturated heterocycles. The van der Waals surface area contributed by atoms with Crippen LogP contribution in [0.5, 0.6) is 0 Å². The van der Waals surface area contributed by atoms with Gasteiger partial charge in [-0.15, -0.1) is 0 Å². The summed E-state index contributed by atoms with van der Waals surface area (Å²) in [5.74, 6) is -2.32. The third kappa shape index (κ3) is 4.56. The van der Waals surface area contributed by atoms with E-state index >= 15 is 0 Å². The fourth-order valence-electron chi connectivity index (χ4n) is 2.12. The van der Waals surface area contributed by atoms with Crippen molar-refractivity contribution in [2.24, 2.45) is 0 Å². The molecular formula is C17H17F3N2O. The smallest absolute Gasteiger partial charge is 0.238 e. The number of hydrogen-bond acceptors (Lipinski definition) is 2. The Kier molecular flexibility index (Phi) is 5.39. The van der Waals surface area contributed by atoms with Crippen LogP contribution in [0, 0.1) is 24.4 Å². The van der Waals surface area contributed by atoms with Crippen LogP contribution < -0.4 is 10.6 Å². The number of hydrogen-bond donors (Lipinski definition) is 2. The maximum atomic E-state index is 13.6. The molecule has 0 aliphatic rings. The van der Waals surface area contributed by atoms with Crippen LogP contribution in [0.25, 0.3) is 0 Å². The van der Waals surface area contributed by atoms with E-state index in [0.717, 1.165) is 17.7 Å². The van der Waals surface area contributed by atoms with Crippen LogP contribution in [-0.4, -0.2) is 12.5 Å². The summed E-state index contributed by atoms with van der Waals surface area (Å²) in [6.07, 6.45) is 0. The van der Waals surface area contributed by atoms with Gasteiger partial charge in [-0.25, -0.2) is 13.2 Å². The number of carbonyl (C=O) groups excluding carboxylic acids is 1. The van der Waals surface area contributed by atoms with Crippen molar-refractivity contribution in [1.29, 1.82) is 0 Å². The monoisotopic (exact) mass is 322 g/mol. The third-order valence-electron chi connectivity index (χ3n) is 3.40. The van der Waals surface area contributed by atoms with Gasteiger partial charge in [0.25, 0.3) is 0 Å². The second-order valence-electron chi connectivity index (χ2n) is 5.30. The van der Waals surface area contributed by atoms with Crippen LogP contribution in [0.1, 0.15) is 24.1 Å². The molecule has 2 aromatic rings. The lowest BCUT2D eigenvalue weighted by molar-refractivity contribution is -0.115. The number of anilines is 1. The number of benzene rings is 2. The van der Waals surface area contributed by atoms with Crippen LogP contribution in [0.15, 0.2) is 36.4 Å². The molecule has 2 aromatic carbocycles. The molecule has 0 unspecified atom stereocenters. The zero-order valence-electron chi connectivity index (χ0n) is 12.8. The predicted octanol–water partition coefficient (Wildman–Crippen LogP) is 3.70. The first-order valence-corrected chi connectivity index (χ1v) is 7.11. The van der Waals surface area contributed by atoms with Gasteiger partial charge in [0.2, 0.25) is 5.91 Å². The number of aryl methyl sites for hydroxylation is 1. The van der Waals surface area contributed by atoms with Crippen LogP contribution in [0.4, 0.5) is 18.9 Å². The average molecular weight is 322 g/mol. The van der Waals surface area contributed by atoms with Crippen LogP contribution in [0.2, 0.25) is 0 Å². The van der Waals surface area contributed by atoms with Gasteiger partial charge in [-0.3, -0.25) is 4.79 Å². The minimum absolute atomic E-state index is 0.0861. The number of halogens is 3. The zero-order chi connectivity index (χ0) is 17.0. The van der Waals surface area contributed by atoms with Crippen LogP contribution in [-0.2, 0) is 4.79 Å². The summed E-state index contributed by atoms with van der Waals surface area (Å²) in [5.41, 5.74) is 1.09. The first kappa shape index (κ1) is 17.0. The molecule has 3 nitrogen and oxygen atoms in total. The van der Waals surface area contributed by atoms with Gasteiger partial charge in [0.15, 0.2) is 0 Å². The van der Waals surface area contributed by atoms with Crippen molar-refractivity contribution in [1.82, 2.24) is 5.32 Å². The molecule has 1 atom stereocenters. The highest BCUT2D eigenvalue weighted by Gasteiger charge is 2.13. The van der Waals surface area contributed by atoms with E-state index in [1.54, 1.807) is 19.9 Å². The molecule has 0 fully saturated rings. The highest BCUT2D eigenvalue weighted by Crippen LogP contribution is 2.18. The lowest BCUT2D eigenvalue weighted by Crippen LogP contribution is -2.30. The maximum Gasteiger partial charge on any atom is 0.238 e. The van der Waals surface area contributed by atoms with Gasteiger partial charge in [0.05, 0.1) is 12.2 Å². The Bertz CT molecular complexity index is 719. The molecule has 0 aliphatic heterocycles. The van der Waals surface area contributed by atoms with Gasteiger partial charge in [0.1, 0.15) is 17.5 Å². The van der Waals surface area contributed by atoms with Gasteiger partial charge >= 0.3 is 0 Å². The van der Waals surface area contributed by atoms with Crippen molar-refractivity contribution in [3.8, 4) is 0 Å². The molecule has 0 heterocycles. The summed E-state index contributed by atoms with van der Waals surface area (Å²) < 4.78 is 40.2. The van der Waals surface area contributed by atoms with Crippen LogP contribution >= 0.6 is 0 Å². The molecule has 122 valence electrons. The first-order chi connectivity index (χ1) is 10.9. The van der Waals surface area contributed by atoms with Crippen molar-refractivity contribution >= 4 is 11.6 Å². The van der Waals surface area contributed by atoms with E-state index in [4.69, 9.17) is 0 Å². The average Bonchev–Trinajstić information content (AvgIpc) is 2.48. The maximum absolute atomic E-state index is 13.6. The van der Waals surface area contributed by atoms with Gasteiger partial charge in [0, 0.05) is 17.7 Å². The van der Waals surface area contributed by atoms with Gasteiger partial charge in [-0.2, -0.15) is 0 Å². The van der Waals surface area contributed by atoms with Crippen molar-refractivity contribution < 1.29 is 18.0 Å². The molecule has 0 bridgehead atoms. The van der Waals surface area contributed by atoms with Gasteiger partial charge in [-0.1, -0.05) is 12.1 Å². The lowest BCUT2D eigenvalue weighted by atomic mass is 10.1. The summed E-state index contributed by atoms with van der Waals surface area (Å²) in [6, 6.07) is 7.24. The Morgan fingerprint density at radius 1 is 1.09 bits per heavy atom. The van der Waals surface area contributed by atoms with Crippen molar-refractivity contribution in [3.05, 3.63) is 65.0 Å². The summed E-state index contributed by atoms with van der Waals surface area (Å²) in [7, 11) is 0. The molecule has 23 heavy (non-hydrogen) atoms. The topological polar surface area (TPSA) is 41.1 Å².